The van der Waals surface area contributed by atoms with Crippen molar-refractivity contribution in [2.24, 2.45) is 0 Å². The molecule has 1 N–H and O–H groups in total. The number of nitrogens with one attached hydrogen (secondary N) is 1. The summed E-state index contributed by atoms with van der Waals surface area (Å²) in [5.74, 6) is 0.938. The number of aromatic nitrogens is 2. The smallest absolute Gasteiger partial charge is 0.247 e. The Balaban J connectivity index is 1.20. The van der Waals surface area contributed by atoms with Crippen molar-refractivity contribution in [3.63, 3.8) is 0 Å². The number of benzene rings is 2. The molecule has 4 rings (SSSR count). The summed E-state index contributed by atoms with van der Waals surface area (Å²) < 4.78 is 5.65. The highest BCUT2D eigenvalue weighted by Gasteiger charge is 2.11. The van der Waals surface area contributed by atoms with Crippen LogP contribution in [0.15, 0.2) is 59.0 Å². The lowest BCUT2D eigenvalue weighted by molar-refractivity contribution is -0.121. The van der Waals surface area contributed by atoms with Crippen molar-refractivity contribution >= 4 is 5.91 Å². The number of aryl methyl sites for hydroxylation is 1. The molecule has 3 aromatic rings. The lowest BCUT2D eigenvalue weighted by Gasteiger charge is -2.26. The van der Waals surface area contributed by atoms with Crippen LogP contribution in [-0.4, -0.2) is 34.1 Å². The second-order valence-electron chi connectivity index (χ2n) is 7.80. The van der Waals surface area contributed by atoms with Crippen LogP contribution in [0.2, 0.25) is 0 Å². The van der Waals surface area contributed by atoms with Crippen molar-refractivity contribution < 1.29 is 9.21 Å². The number of carbonyl (C=O) groups excluding carboxylic acids is 1. The second-order valence-corrected chi connectivity index (χ2v) is 7.80. The van der Waals surface area contributed by atoms with E-state index in [1.165, 1.54) is 37.9 Å². The van der Waals surface area contributed by atoms with Crippen LogP contribution in [0.1, 0.15) is 42.7 Å². The van der Waals surface area contributed by atoms with Gasteiger partial charge in [0, 0.05) is 31.5 Å². The van der Waals surface area contributed by atoms with Gasteiger partial charge in [0.2, 0.25) is 17.7 Å². The van der Waals surface area contributed by atoms with Crippen LogP contribution in [0.3, 0.4) is 0 Å². The van der Waals surface area contributed by atoms with Gasteiger partial charge in [0.15, 0.2) is 0 Å². The van der Waals surface area contributed by atoms with Crippen LogP contribution in [0.25, 0.3) is 11.5 Å². The average Bonchev–Trinajstić information content (AvgIpc) is 3.28. The molecule has 6 nitrogen and oxygen atoms in total. The summed E-state index contributed by atoms with van der Waals surface area (Å²) in [5, 5.41) is 11.1. The van der Waals surface area contributed by atoms with Gasteiger partial charge in [-0.05, 0) is 49.2 Å². The zero-order valence-electron chi connectivity index (χ0n) is 17.2. The fourth-order valence-electron chi connectivity index (χ4n) is 3.70. The summed E-state index contributed by atoms with van der Waals surface area (Å²) >= 11 is 0. The first-order valence-electron chi connectivity index (χ1n) is 10.7. The zero-order valence-corrected chi connectivity index (χ0v) is 17.2. The molecular weight excluding hydrogens is 376 g/mol. The van der Waals surface area contributed by atoms with Crippen molar-refractivity contribution in [1.82, 2.24) is 20.4 Å². The predicted octanol–water partition coefficient (Wildman–Crippen LogP) is 3.97. The van der Waals surface area contributed by atoms with E-state index in [2.05, 4.69) is 44.7 Å². The molecule has 0 spiro atoms. The van der Waals surface area contributed by atoms with Crippen molar-refractivity contribution in [3.8, 4) is 11.5 Å². The van der Waals surface area contributed by atoms with E-state index in [0.717, 1.165) is 17.7 Å². The Kier molecular flexibility index (Phi) is 6.87. The first-order valence-corrected chi connectivity index (χ1v) is 10.7. The van der Waals surface area contributed by atoms with Crippen LogP contribution in [0.4, 0.5) is 0 Å². The molecule has 1 aliphatic rings. The second kappa shape index (κ2) is 10.2. The van der Waals surface area contributed by atoms with E-state index in [1.807, 2.05) is 30.3 Å². The molecule has 1 fully saturated rings. The standard InChI is InChI=1S/C24H28N4O2/c29-22(13-14-23-26-27-24(30-23)21-7-3-1-4-8-21)25-17-19-9-11-20(12-10-19)18-28-15-5-2-6-16-28/h1,3-4,7-12H,2,5-6,13-18H2,(H,25,29). The van der Waals surface area contributed by atoms with E-state index in [4.69, 9.17) is 4.42 Å². The Morgan fingerprint density at radius 1 is 0.933 bits per heavy atom. The quantitative estimate of drug-likeness (QED) is 0.615. The van der Waals surface area contributed by atoms with Crippen molar-refractivity contribution in [2.45, 2.75) is 45.2 Å². The third kappa shape index (κ3) is 5.76. The molecule has 0 unspecified atom stereocenters. The first-order chi connectivity index (χ1) is 14.8. The van der Waals surface area contributed by atoms with Crippen LogP contribution < -0.4 is 5.32 Å². The summed E-state index contributed by atoms with van der Waals surface area (Å²) in [5.41, 5.74) is 3.32. The molecule has 1 saturated heterocycles. The fourth-order valence-corrected chi connectivity index (χ4v) is 3.70. The van der Waals surface area contributed by atoms with E-state index < -0.39 is 0 Å². The summed E-state index contributed by atoms with van der Waals surface area (Å²) in [6.07, 6.45) is 4.72. The number of nitrogens with zero attached hydrogens (tertiary/aromatic N) is 3. The largest absolute Gasteiger partial charge is 0.421 e. The Bertz CT molecular complexity index is 931. The Morgan fingerprint density at radius 2 is 1.67 bits per heavy atom. The molecule has 1 aromatic heterocycles. The lowest BCUT2D eigenvalue weighted by Crippen LogP contribution is -2.29. The van der Waals surface area contributed by atoms with Gasteiger partial charge in [0.25, 0.3) is 0 Å². The number of carbonyl (C=O) groups is 1. The highest BCUT2D eigenvalue weighted by molar-refractivity contribution is 5.76. The van der Waals surface area contributed by atoms with Gasteiger partial charge in [0.1, 0.15) is 0 Å². The number of hydrogen-bond donors (Lipinski definition) is 1. The van der Waals surface area contributed by atoms with Crippen LogP contribution >= 0.6 is 0 Å². The number of amides is 1. The molecule has 1 aliphatic heterocycles. The molecule has 30 heavy (non-hydrogen) atoms. The number of likely N-dealkylation sites (tertiary alicyclic amines) is 1. The maximum absolute atomic E-state index is 12.2. The van der Waals surface area contributed by atoms with Gasteiger partial charge in [-0.25, -0.2) is 0 Å². The Hall–Kier alpha value is -2.99. The molecule has 0 saturated carbocycles. The third-order valence-corrected chi connectivity index (χ3v) is 5.42. The highest BCUT2D eigenvalue weighted by Crippen LogP contribution is 2.17. The van der Waals surface area contributed by atoms with E-state index in [0.29, 0.717) is 31.2 Å². The normalized spacial score (nSPS) is 14.5. The molecule has 6 heteroatoms. The summed E-state index contributed by atoms with van der Waals surface area (Å²) in [4.78, 5) is 14.7. The predicted molar refractivity (Wildman–Crippen MR) is 115 cm³/mol. The van der Waals surface area contributed by atoms with Gasteiger partial charge in [-0.15, -0.1) is 10.2 Å². The molecule has 2 heterocycles. The van der Waals surface area contributed by atoms with Gasteiger partial charge >= 0.3 is 0 Å². The highest BCUT2D eigenvalue weighted by atomic mass is 16.4. The van der Waals surface area contributed by atoms with Crippen LogP contribution in [-0.2, 0) is 24.3 Å². The minimum Gasteiger partial charge on any atom is -0.421 e. The zero-order chi connectivity index (χ0) is 20.6. The maximum Gasteiger partial charge on any atom is 0.247 e. The fraction of sp³-hybridized carbons (Fsp3) is 0.375. The molecule has 0 bridgehead atoms. The molecule has 156 valence electrons. The van der Waals surface area contributed by atoms with Crippen molar-refractivity contribution in [1.29, 1.82) is 0 Å². The minimum atomic E-state index is -0.0214. The lowest BCUT2D eigenvalue weighted by atomic mass is 10.1. The summed E-state index contributed by atoms with van der Waals surface area (Å²) in [7, 11) is 0. The first kappa shape index (κ1) is 20.3. The molecule has 0 aliphatic carbocycles. The van der Waals surface area contributed by atoms with Crippen molar-refractivity contribution in [2.75, 3.05) is 13.1 Å². The number of hydrogen-bond acceptors (Lipinski definition) is 5. The molecular formula is C24H28N4O2. The van der Waals surface area contributed by atoms with Crippen molar-refractivity contribution in [3.05, 3.63) is 71.6 Å². The summed E-state index contributed by atoms with van der Waals surface area (Å²) in [6.45, 7) is 3.94. The van der Waals surface area contributed by atoms with Gasteiger partial charge in [0.05, 0.1) is 0 Å². The van der Waals surface area contributed by atoms with E-state index in [9.17, 15) is 4.79 Å². The Labute approximate surface area is 177 Å². The van der Waals surface area contributed by atoms with E-state index in [-0.39, 0.29) is 5.91 Å². The molecule has 1 amide bonds. The van der Waals surface area contributed by atoms with Gasteiger partial charge in [-0.3, -0.25) is 9.69 Å². The van der Waals surface area contributed by atoms with Crippen LogP contribution in [0, 0.1) is 0 Å². The van der Waals surface area contributed by atoms with Gasteiger partial charge < -0.3 is 9.73 Å². The average molecular weight is 405 g/mol. The molecule has 0 radical (unpaired) electrons. The monoisotopic (exact) mass is 404 g/mol. The Morgan fingerprint density at radius 3 is 2.43 bits per heavy atom. The summed E-state index contributed by atoms with van der Waals surface area (Å²) in [6, 6.07) is 18.2. The SMILES string of the molecule is O=C(CCc1nnc(-c2ccccc2)o1)NCc1ccc(CN2CCCCC2)cc1. The maximum atomic E-state index is 12.2. The topological polar surface area (TPSA) is 71.3 Å². The molecule has 2 aromatic carbocycles. The number of piperidine rings is 1. The van der Waals surface area contributed by atoms with E-state index >= 15 is 0 Å². The van der Waals surface area contributed by atoms with Gasteiger partial charge in [-0.1, -0.05) is 48.9 Å². The number of rotatable bonds is 8. The van der Waals surface area contributed by atoms with Crippen LogP contribution in [0.5, 0.6) is 0 Å². The van der Waals surface area contributed by atoms with Gasteiger partial charge in [-0.2, -0.15) is 0 Å². The minimum absolute atomic E-state index is 0.0214. The third-order valence-electron chi connectivity index (χ3n) is 5.42. The van der Waals surface area contributed by atoms with E-state index in [1.54, 1.807) is 0 Å². The molecule has 0 atom stereocenters.